The summed E-state index contributed by atoms with van der Waals surface area (Å²) >= 11 is 3.36. The molecule has 4 nitrogen and oxygen atoms in total. The number of benzene rings is 2. The third kappa shape index (κ3) is 3.05. The van der Waals surface area contributed by atoms with Gasteiger partial charge in [0.2, 0.25) is 0 Å². The number of hydrogen-bond acceptors (Lipinski definition) is 2. The smallest absolute Gasteiger partial charge is 0.303 e. The largest absolute Gasteiger partial charge is 0.314 e. The summed E-state index contributed by atoms with van der Waals surface area (Å²) < 4.78 is 0.815. The van der Waals surface area contributed by atoms with Crippen LogP contribution in [0.5, 0.6) is 0 Å². The van der Waals surface area contributed by atoms with Crippen molar-refractivity contribution in [1.82, 2.24) is 0 Å². The van der Waals surface area contributed by atoms with E-state index in [0.29, 0.717) is 12.2 Å². The fourth-order valence-corrected chi connectivity index (χ4v) is 3.86. The van der Waals surface area contributed by atoms with Crippen LogP contribution in [-0.4, -0.2) is 31.4 Å². The minimum absolute atomic E-state index is 0.409. The molecule has 5 heteroatoms. The number of anilines is 1. The first-order valence-corrected chi connectivity index (χ1v) is 9.16. The molecule has 4 rings (SSSR count). The van der Waals surface area contributed by atoms with E-state index >= 15 is 0 Å². The molecule has 0 bridgehead atoms. The second kappa shape index (κ2) is 6.58. The van der Waals surface area contributed by atoms with Crippen LogP contribution in [0.1, 0.15) is 22.3 Å². The van der Waals surface area contributed by atoms with Crippen molar-refractivity contribution in [3.8, 4) is 0 Å². The Labute approximate surface area is 154 Å². The molecule has 0 saturated carbocycles. The number of quaternary nitrogens is 1. The second-order valence-electron chi connectivity index (χ2n) is 6.43. The third-order valence-electron chi connectivity index (χ3n) is 4.84. The maximum atomic E-state index is 12.4. The summed E-state index contributed by atoms with van der Waals surface area (Å²) in [7, 11) is 0. The summed E-state index contributed by atoms with van der Waals surface area (Å²) in [5.74, 6) is -0.827. The Kier molecular flexibility index (Phi) is 4.27. The zero-order valence-electron chi connectivity index (χ0n) is 13.7. The SMILES string of the molecule is O=C1C(=O)N(C[NH+]2CC=C(c3ccccc3)CC2)c2ccc(Br)cc21. The van der Waals surface area contributed by atoms with E-state index in [-0.39, 0.29) is 0 Å². The van der Waals surface area contributed by atoms with Crippen LogP contribution in [0.2, 0.25) is 0 Å². The second-order valence-corrected chi connectivity index (χ2v) is 7.35. The van der Waals surface area contributed by atoms with Gasteiger partial charge in [0, 0.05) is 10.9 Å². The molecular weight excluding hydrogens is 380 g/mol. The number of carbonyl (C=O) groups is 2. The van der Waals surface area contributed by atoms with Crippen LogP contribution in [0.25, 0.3) is 5.57 Å². The number of amides is 1. The highest BCUT2D eigenvalue weighted by Gasteiger charge is 2.38. The molecule has 0 radical (unpaired) electrons. The highest BCUT2D eigenvalue weighted by atomic mass is 79.9. The van der Waals surface area contributed by atoms with Crippen molar-refractivity contribution in [2.75, 3.05) is 24.7 Å². The lowest BCUT2D eigenvalue weighted by molar-refractivity contribution is -0.893. The molecule has 2 aliphatic rings. The molecule has 2 aromatic carbocycles. The van der Waals surface area contributed by atoms with Gasteiger partial charge in [0.1, 0.15) is 0 Å². The Morgan fingerprint density at radius 2 is 1.88 bits per heavy atom. The van der Waals surface area contributed by atoms with Crippen LogP contribution in [0.4, 0.5) is 5.69 Å². The van der Waals surface area contributed by atoms with E-state index in [2.05, 4.69) is 46.3 Å². The number of rotatable bonds is 3. The zero-order chi connectivity index (χ0) is 17.4. The molecule has 1 atom stereocenters. The van der Waals surface area contributed by atoms with Gasteiger partial charge in [0.15, 0.2) is 6.67 Å². The molecule has 1 unspecified atom stereocenters. The van der Waals surface area contributed by atoms with E-state index in [0.717, 1.165) is 29.7 Å². The number of nitrogens with zero attached hydrogens (tertiary/aromatic N) is 1. The van der Waals surface area contributed by atoms with E-state index in [1.54, 1.807) is 11.0 Å². The lowest BCUT2D eigenvalue weighted by atomic mass is 10.00. The molecule has 25 heavy (non-hydrogen) atoms. The molecule has 2 aromatic rings. The maximum absolute atomic E-state index is 12.4. The Morgan fingerprint density at radius 1 is 1.08 bits per heavy atom. The van der Waals surface area contributed by atoms with E-state index in [4.69, 9.17) is 0 Å². The topological polar surface area (TPSA) is 41.8 Å². The summed E-state index contributed by atoms with van der Waals surface area (Å²) in [5.41, 5.74) is 3.85. The average molecular weight is 398 g/mol. The van der Waals surface area contributed by atoms with Crippen LogP contribution in [0.3, 0.4) is 0 Å². The molecule has 1 N–H and O–H groups in total. The van der Waals surface area contributed by atoms with Crippen molar-refractivity contribution in [1.29, 1.82) is 0 Å². The summed E-state index contributed by atoms with van der Waals surface area (Å²) in [6, 6.07) is 15.8. The van der Waals surface area contributed by atoms with Crippen LogP contribution in [0, 0.1) is 0 Å². The van der Waals surface area contributed by atoms with Crippen molar-refractivity contribution in [2.45, 2.75) is 6.42 Å². The Balaban J connectivity index is 1.50. The number of ketones is 1. The van der Waals surface area contributed by atoms with Crippen molar-refractivity contribution in [2.24, 2.45) is 0 Å². The Morgan fingerprint density at radius 3 is 2.60 bits per heavy atom. The third-order valence-corrected chi connectivity index (χ3v) is 5.34. The van der Waals surface area contributed by atoms with Crippen LogP contribution < -0.4 is 9.80 Å². The molecule has 2 aliphatic heterocycles. The van der Waals surface area contributed by atoms with E-state index in [1.165, 1.54) is 16.0 Å². The molecule has 0 fully saturated rings. The van der Waals surface area contributed by atoms with Gasteiger partial charge >= 0.3 is 5.91 Å². The van der Waals surface area contributed by atoms with Crippen LogP contribution in [-0.2, 0) is 4.79 Å². The van der Waals surface area contributed by atoms with Gasteiger partial charge in [0.25, 0.3) is 5.78 Å². The molecule has 0 saturated heterocycles. The Bertz CT molecular complexity index is 877. The van der Waals surface area contributed by atoms with Gasteiger partial charge in [-0.05, 0) is 35.4 Å². The maximum Gasteiger partial charge on any atom is 0.303 e. The van der Waals surface area contributed by atoms with Gasteiger partial charge in [-0.15, -0.1) is 0 Å². The summed E-state index contributed by atoms with van der Waals surface area (Å²) in [6.07, 6.45) is 3.22. The Hall–Kier alpha value is -2.24. The first-order valence-electron chi connectivity index (χ1n) is 8.37. The van der Waals surface area contributed by atoms with E-state index in [1.807, 2.05) is 18.2 Å². The first-order chi connectivity index (χ1) is 12.1. The summed E-state index contributed by atoms with van der Waals surface area (Å²) in [6.45, 7) is 2.33. The van der Waals surface area contributed by atoms with Crippen molar-refractivity contribution in [3.63, 3.8) is 0 Å². The number of Topliss-reactive ketones (excluding diaryl/α,β-unsaturated/α-hetero) is 1. The van der Waals surface area contributed by atoms with Crippen LogP contribution in [0.15, 0.2) is 59.1 Å². The average Bonchev–Trinajstić information content (AvgIpc) is 2.88. The number of hydrogen-bond donors (Lipinski definition) is 1. The van der Waals surface area contributed by atoms with Crippen molar-refractivity contribution >= 4 is 38.9 Å². The fraction of sp³-hybridized carbons (Fsp3) is 0.200. The quantitative estimate of drug-likeness (QED) is 0.807. The number of carbonyl (C=O) groups excluding carboxylic acids is 2. The molecule has 0 aromatic heterocycles. The van der Waals surface area contributed by atoms with Gasteiger partial charge in [0.05, 0.1) is 24.3 Å². The number of fused-ring (bicyclic) bond motifs is 1. The monoisotopic (exact) mass is 397 g/mol. The van der Waals surface area contributed by atoms with Gasteiger partial charge in [-0.2, -0.15) is 0 Å². The molecule has 126 valence electrons. The number of nitrogens with one attached hydrogen (secondary N) is 1. The van der Waals surface area contributed by atoms with Crippen molar-refractivity contribution < 1.29 is 14.5 Å². The molecule has 0 aliphatic carbocycles. The number of halogens is 1. The first kappa shape index (κ1) is 16.2. The molecule has 1 amide bonds. The van der Waals surface area contributed by atoms with Crippen LogP contribution >= 0.6 is 15.9 Å². The van der Waals surface area contributed by atoms with E-state index in [9.17, 15) is 9.59 Å². The van der Waals surface area contributed by atoms with Gasteiger partial charge in [-0.1, -0.05) is 46.3 Å². The lowest BCUT2D eigenvalue weighted by Gasteiger charge is -2.27. The summed E-state index contributed by atoms with van der Waals surface area (Å²) in [4.78, 5) is 27.5. The van der Waals surface area contributed by atoms with E-state index < -0.39 is 11.7 Å². The molecule has 0 spiro atoms. The molecule has 2 heterocycles. The fourth-order valence-electron chi connectivity index (χ4n) is 3.49. The minimum atomic E-state index is -0.418. The normalized spacial score (nSPS) is 19.8. The van der Waals surface area contributed by atoms with Gasteiger partial charge in [-0.3, -0.25) is 14.5 Å². The predicted molar refractivity (Wildman–Crippen MR) is 101 cm³/mol. The highest BCUT2D eigenvalue weighted by Crippen LogP contribution is 2.30. The van der Waals surface area contributed by atoms with Crippen molar-refractivity contribution in [3.05, 3.63) is 70.2 Å². The lowest BCUT2D eigenvalue weighted by Crippen LogP contribution is -3.14. The van der Waals surface area contributed by atoms with Gasteiger partial charge < -0.3 is 4.90 Å². The van der Waals surface area contributed by atoms with Gasteiger partial charge in [-0.25, -0.2) is 0 Å². The molecular formula is C20H18BrN2O2+. The highest BCUT2D eigenvalue weighted by molar-refractivity contribution is 9.10. The standard InChI is InChI=1S/C20H17BrN2O2/c21-16-6-7-18-17(12-16)19(24)20(25)23(18)13-22-10-8-15(9-11-22)14-4-2-1-3-5-14/h1-8,12H,9-11,13H2/p+1. The zero-order valence-corrected chi connectivity index (χ0v) is 15.3. The predicted octanol–water partition coefficient (Wildman–Crippen LogP) is 2.31. The minimum Gasteiger partial charge on any atom is -0.314 e. The summed E-state index contributed by atoms with van der Waals surface area (Å²) in [5, 5.41) is 0.